The summed E-state index contributed by atoms with van der Waals surface area (Å²) in [5.41, 5.74) is 1.50. The maximum Gasteiger partial charge on any atom is 0.254 e. The van der Waals surface area contributed by atoms with Crippen molar-refractivity contribution in [2.45, 2.75) is 37.4 Å². The molecule has 0 radical (unpaired) electrons. The molecule has 0 spiro atoms. The zero-order chi connectivity index (χ0) is 29.5. The van der Waals surface area contributed by atoms with Crippen LogP contribution in [-0.4, -0.2) is 82.0 Å². The first-order chi connectivity index (χ1) is 20.5. The van der Waals surface area contributed by atoms with Crippen molar-refractivity contribution < 1.29 is 23.5 Å². The van der Waals surface area contributed by atoms with Crippen LogP contribution in [-0.2, 0) is 4.79 Å². The Bertz CT molecular complexity index is 1490. The Labute approximate surface area is 249 Å². The van der Waals surface area contributed by atoms with Crippen LogP contribution in [0.2, 0.25) is 0 Å². The largest absolute Gasteiger partial charge is 0.497 e. The minimum absolute atomic E-state index is 0.0387. The molecule has 1 fully saturated rings. The lowest BCUT2D eigenvalue weighted by atomic mass is 10.1. The second-order valence-electron chi connectivity index (χ2n) is 10.0. The molecule has 4 aromatic rings. The van der Waals surface area contributed by atoms with E-state index in [2.05, 4.69) is 10.2 Å². The Kier molecular flexibility index (Phi) is 9.48. The van der Waals surface area contributed by atoms with Crippen LogP contribution in [0.3, 0.4) is 0 Å². The molecule has 3 heterocycles. The number of ether oxygens (including phenoxy) is 2. The predicted octanol–water partition coefficient (Wildman–Crippen LogP) is 5.18. The molecule has 11 heteroatoms. The predicted molar refractivity (Wildman–Crippen MR) is 160 cm³/mol. The minimum Gasteiger partial charge on any atom is -0.497 e. The van der Waals surface area contributed by atoms with Gasteiger partial charge in [-0.05, 0) is 74.4 Å². The maximum absolute atomic E-state index is 13.1. The normalized spacial score (nSPS) is 15.1. The first kappa shape index (κ1) is 29.2. The first-order valence-corrected chi connectivity index (χ1v) is 15.0. The molecule has 0 bridgehead atoms. The van der Waals surface area contributed by atoms with E-state index in [-0.39, 0.29) is 17.9 Å². The van der Waals surface area contributed by atoms with Crippen LogP contribution in [0.1, 0.15) is 36.5 Å². The van der Waals surface area contributed by atoms with Gasteiger partial charge in [-0.1, -0.05) is 17.8 Å². The van der Waals surface area contributed by atoms with Crippen LogP contribution in [0.5, 0.6) is 11.5 Å². The first-order valence-electron chi connectivity index (χ1n) is 14.0. The van der Waals surface area contributed by atoms with Gasteiger partial charge in [0.15, 0.2) is 10.9 Å². The number of hydrogen-bond donors (Lipinski definition) is 0. The lowest BCUT2D eigenvalue weighted by Crippen LogP contribution is -2.55. The standard InChI is InChI=1S/C31H35N5O5S/c1-22-21-34(16-17-35(22)30(38)23-8-6-9-26(20-23)40-3)28(37)11-4-5-19-42-31-33-32-29(27-10-7-18-41-27)36(31)24-12-14-25(39-2)15-13-24/h6-10,12-15,18,20,22H,4-5,11,16-17,19,21H2,1-3H3. The highest BCUT2D eigenvalue weighted by Gasteiger charge is 2.30. The van der Waals surface area contributed by atoms with Gasteiger partial charge in [0.05, 0.1) is 26.2 Å². The highest BCUT2D eigenvalue weighted by atomic mass is 32.2. The van der Waals surface area contributed by atoms with Crippen molar-refractivity contribution in [3.05, 3.63) is 72.5 Å². The number of carbonyl (C=O) groups excluding carboxylic acids is 2. The van der Waals surface area contributed by atoms with Gasteiger partial charge >= 0.3 is 0 Å². The van der Waals surface area contributed by atoms with Gasteiger partial charge in [-0.15, -0.1) is 10.2 Å². The van der Waals surface area contributed by atoms with E-state index in [9.17, 15) is 9.59 Å². The van der Waals surface area contributed by atoms with Crippen molar-refractivity contribution in [3.8, 4) is 28.8 Å². The fourth-order valence-electron chi connectivity index (χ4n) is 5.00. The van der Waals surface area contributed by atoms with Crippen LogP contribution in [0.4, 0.5) is 0 Å². The van der Waals surface area contributed by atoms with Gasteiger partial charge in [0.2, 0.25) is 11.7 Å². The van der Waals surface area contributed by atoms with E-state index in [0.29, 0.717) is 49.0 Å². The summed E-state index contributed by atoms with van der Waals surface area (Å²) >= 11 is 1.60. The van der Waals surface area contributed by atoms with E-state index in [1.54, 1.807) is 44.4 Å². The number of nitrogens with zero attached hydrogens (tertiary/aromatic N) is 5. The number of furan rings is 1. The van der Waals surface area contributed by atoms with Gasteiger partial charge in [0.25, 0.3) is 5.91 Å². The summed E-state index contributed by atoms with van der Waals surface area (Å²) in [5.74, 6) is 3.56. The van der Waals surface area contributed by atoms with E-state index in [0.717, 1.165) is 35.2 Å². The van der Waals surface area contributed by atoms with Gasteiger partial charge in [-0.3, -0.25) is 14.2 Å². The summed E-state index contributed by atoms with van der Waals surface area (Å²) in [4.78, 5) is 29.8. The van der Waals surface area contributed by atoms with Crippen LogP contribution in [0, 0.1) is 0 Å². The molecular formula is C31H35N5O5S. The number of thioether (sulfide) groups is 1. The number of methoxy groups -OCH3 is 2. The molecule has 2 amide bonds. The number of unbranched alkanes of at least 4 members (excludes halogenated alkanes) is 1. The monoisotopic (exact) mass is 589 g/mol. The van der Waals surface area contributed by atoms with Gasteiger partial charge in [0.1, 0.15) is 11.5 Å². The minimum atomic E-state index is -0.0652. The second kappa shape index (κ2) is 13.6. The van der Waals surface area contributed by atoms with Crippen LogP contribution in [0.25, 0.3) is 17.3 Å². The molecule has 0 N–H and O–H groups in total. The van der Waals surface area contributed by atoms with Gasteiger partial charge in [-0.2, -0.15) is 0 Å². The van der Waals surface area contributed by atoms with Gasteiger partial charge in [-0.25, -0.2) is 0 Å². The zero-order valence-electron chi connectivity index (χ0n) is 24.1. The number of aromatic nitrogens is 3. The molecule has 1 unspecified atom stereocenters. The Morgan fingerprint density at radius 2 is 1.79 bits per heavy atom. The molecule has 0 saturated carbocycles. The number of piperazine rings is 1. The molecule has 1 aliphatic rings. The number of carbonyl (C=O) groups is 2. The van der Waals surface area contributed by atoms with E-state index >= 15 is 0 Å². The number of amides is 2. The number of benzene rings is 2. The highest BCUT2D eigenvalue weighted by molar-refractivity contribution is 7.99. The van der Waals surface area contributed by atoms with Crippen molar-refractivity contribution >= 4 is 23.6 Å². The lowest BCUT2D eigenvalue weighted by molar-refractivity contribution is -0.133. The van der Waals surface area contributed by atoms with Gasteiger partial charge < -0.3 is 23.7 Å². The molecule has 1 aliphatic heterocycles. The molecule has 1 saturated heterocycles. The fraction of sp³-hybridized carbons (Fsp3) is 0.355. The Balaban J connectivity index is 1.12. The third-order valence-corrected chi connectivity index (χ3v) is 8.29. The third-order valence-electron chi connectivity index (χ3n) is 7.28. The second-order valence-corrected chi connectivity index (χ2v) is 11.1. The Morgan fingerprint density at radius 3 is 2.50 bits per heavy atom. The smallest absolute Gasteiger partial charge is 0.254 e. The van der Waals surface area contributed by atoms with Crippen molar-refractivity contribution in [2.24, 2.45) is 0 Å². The summed E-state index contributed by atoms with van der Waals surface area (Å²) in [6, 6.07) is 18.5. The van der Waals surface area contributed by atoms with E-state index in [4.69, 9.17) is 13.9 Å². The summed E-state index contributed by atoms with van der Waals surface area (Å²) in [6.07, 6.45) is 3.71. The third kappa shape index (κ3) is 6.62. The SMILES string of the molecule is COc1ccc(-n2c(SCCCCC(=O)N3CCN(C(=O)c4cccc(OC)c4)C(C)C3)nnc2-c2ccco2)cc1. The molecule has 1 atom stereocenters. The summed E-state index contributed by atoms with van der Waals surface area (Å²) in [6.45, 7) is 3.57. The molecule has 2 aromatic heterocycles. The molecule has 42 heavy (non-hydrogen) atoms. The zero-order valence-corrected chi connectivity index (χ0v) is 24.9. The molecule has 10 nitrogen and oxygen atoms in total. The van der Waals surface area contributed by atoms with Crippen molar-refractivity contribution in [1.82, 2.24) is 24.6 Å². The fourth-order valence-corrected chi connectivity index (χ4v) is 5.95. The van der Waals surface area contributed by atoms with Crippen molar-refractivity contribution in [3.63, 3.8) is 0 Å². The van der Waals surface area contributed by atoms with Crippen molar-refractivity contribution in [2.75, 3.05) is 39.6 Å². The van der Waals surface area contributed by atoms with Gasteiger partial charge in [0, 0.05) is 43.4 Å². The van der Waals surface area contributed by atoms with Crippen LogP contribution < -0.4 is 9.47 Å². The Hall–Kier alpha value is -4.25. The quantitative estimate of drug-likeness (QED) is 0.174. The molecule has 220 valence electrons. The average Bonchev–Trinajstić information content (AvgIpc) is 3.71. The topological polar surface area (TPSA) is 103 Å². The molecular weight excluding hydrogens is 554 g/mol. The van der Waals surface area contributed by atoms with Crippen molar-refractivity contribution in [1.29, 1.82) is 0 Å². The lowest BCUT2D eigenvalue weighted by Gasteiger charge is -2.40. The number of hydrogen-bond acceptors (Lipinski definition) is 8. The van der Waals surface area contributed by atoms with Crippen LogP contribution >= 0.6 is 11.8 Å². The maximum atomic E-state index is 13.1. The van der Waals surface area contributed by atoms with E-state index < -0.39 is 0 Å². The summed E-state index contributed by atoms with van der Waals surface area (Å²) in [5, 5.41) is 9.57. The summed E-state index contributed by atoms with van der Waals surface area (Å²) in [7, 11) is 3.22. The molecule has 0 aliphatic carbocycles. The summed E-state index contributed by atoms with van der Waals surface area (Å²) < 4.78 is 18.1. The highest BCUT2D eigenvalue weighted by Crippen LogP contribution is 2.30. The average molecular weight is 590 g/mol. The molecule has 2 aromatic carbocycles. The van der Waals surface area contributed by atoms with E-state index in [1.807, 2.05) is 69.8 Å². The van der Waals surface area contributed by atoms with E-state index in [1.165, 1.54) is 0 Å². The van der Waals surface area contributed by atoms with Crippen LogP contribution in [0.15, 0.2) is 76.5 Å². The Morgan fingerprint density at radius 1 is 0.976 bits per heavy atom. The number of rotatable bonds is 11. The molecule has 5 rings (SSSR count).